The lowest BCUT2D eigenvalue weighted by molar-refractivity contribution is -0.150. The van der Waals surface area contributed by atoms with E-state index in [9.17, 15) is 9.90 Å². The highest BCUT2D eigenvalue weighted by atomic mass is 16.4. The van der Waals surface area contributed by atoms with E-state index in [1.165, 1.54) is 25.7 Å². The Morgan fingerprint density at radius 3 is 2.67 bits per heavy atom. The standard InChI is InChI=1S/C16H25N3O2/c1-16(15(20)21)7-10-18(11-8-16)12-13-6-9-19(17-13)14-4-2-3-5-14/h6,9,14H,2-5,7-8,10-12H2,1H3,(H,20,21). The molecule has 1 aliphatic heterocycles. The van der Waals surface area contributed by atoms with Crippen LogP contribution in [0, 0.1) is 5.41 Å². The van der Waals surface area contributed by atoms with Gasteiger partial charge in [-0.1, -0.05) is 12.8 Å². The van der Waals surface area contributed by atoms with Gasteiger partial charge in [0.15, 0.2) is 0 Å². The second-order valence-electron chi connectivity index (χ2n) is 6.87. The van der Waals surface area contributed by atoms with E-state index in [1.807, 2.05) is 6.92 Å². The maximum atomic E-state index is 11.3. The maximum absolute atomic E-state index is 11.3. The highest BCUT2D eigenvalue weighted by Crippen LogP contribution is 2.32. The Kier molecular flexibility index (Phi) is 4.02. The molecule has 1 N–H and O–H groups in total. The Morgan fingerprint density at radius 1 is 1.38 bits per heavy atom. The van der Waals surface area contributed by atoms with Crippen molar-refractivity contribution in [1.29, 1.82) is 0 Å². The van der Waals surface area contributed by atoms with Gasteiger partial charge in [-0.05, 0) is 51.8 Å². The number of nitrogens with zero attached hydrogens (tertiary/aromatic N) is 3. The number of carboxylic acid groups (broad SMARTS) is 1. The Balaban J connectivity index is 1.55. The fourth-order valence-corrected chi connectivity index (χ4v) is 3.48. The molecule has 3 rings (SSSR count). The fourth-order valence-electron chi connectivity index (χ4n) is 3.48. The van der Waals surface area contributed by atoms with Crippen molar-refractivity contribution in [1.82, 2.24) is 14.7 Å². The van der Waals surface area contributed by atoms with Crippen molar-refractivity contribution in [2.24, 2.45) is 5.41 Å². The molecule has 2 heterocycles. The predicted molar refractivity (Wildman–Crippen MR) is 80.0 cm³/mol. The molecule has 0 unspecified atom stereocenters. The molecule has 1 aliphatic carbocycles. The Labute approximate surface area is 125 Å². The summed E-state index contributed by atoms with van der Waals surface area (Å²) in [5.41, 5.74) is 0.570. The van der Waals surface area contributed by atoms with Crippen LogP contribution in [0.2, 0.25) is 0 Å². The first-order chi connectivity index (χ1) is 10.1. The van der Waals surface area contributed by atoms with Crippen molar-refractivity contribution in [3.05, 3.63) is 18.0 Å². The average molecular weight is 291 g/mol. The summed E-state index contributed by atoms with van der Waals surface area (Å²) >= 11 is 0. The zero-order chi connectivity index (χ0) is 14.9. The molecule has 0 spiro atoms. The molecule has 2 aliphatic rings. The van der Waals surface area contributed by atoms with E-state index in [0.29, 0.717) is 6.04 Å². The minimum atomic E-state index is -0.660. The van der Waals surface area contributed by atoms with Crippen LogP contribution in [0.5, 0.6) is 0 Å². The molecule has 0 bridgehead atoms. The van der Waals surface area contributed by atoms with Gasteiger partial charge in [0.2, 0.25) is 0 Å². The normalized spacial score (nSPS) is 23.5. The lowest BCUT2D eigenvalue weighted by Gasteiger charge is -2.36. The van der Waals surface area contributed by atoms with E-state index in [-0.39, 0.29) is 0 Å². The van der Waals surface area contributed by atoms with Gasteiger partial charge < -0.3 is 5.11 Å². The first-order valence-corrected chi connectivity index (χ1v) is 8.07. The number of rotatable bonds is 4. The quantitative estimate of drug-likeness (QED) is 0.926. The summed E-state index contributed by atoms with van der Waals surface area (Å²) in [6.07, 6.45) is 8.71. The van der Waals surface area contributed by atoms with Crippen LogP contribution in [0.25, 0.3) is 0 Å². The summed E-state index contributed by atoms with van der Waals surface area (Å²) in [5, 5.41) is 14.0. The molecule has 1 aromatic heterocycles. The molecule has 5 heteroatoms. The van der Waals surface area contributed by atoms with Crippen molar-refractivity contribution < 1.29 is 9.90 Å². The van der Waals surface area contributed by atoms with Crippen molar-refractivity contribution >= 4 is 5.97 Å². The highest BCUT2D eigenvalue weighted by Gasteiger charge is 2.36. The third-order valence-corrected chi connectivity index (χ3v) is 5.22. The first-order valence-electron chi connectivity index (χ1n) is 8.07. The van der Waals surface area contributed by atoms with E-state index in [4.69, 9.17) is 5.10 Å². The number of likely N-dealkylation sites (tertiary alicyclic amines) is 1. The average Bonchev–Trinajstić information content (AvgIpc) is 3.12. The third kappa shape index (κ3) is 3.12. The van der Waals surface area contributed by atoms with Crippen LogP contribution in [0.15, 0.2) is 12.3 Å². The van der Waals surface area contributed by atoms with Crippen LogP contribution in [-0.2, 0) is 11.3 Å². The van der Waals surface area contributed by atoms with Crippen molar-refractivity contribution in [3.63, 3.8) is 0 Å². The predicted octanol–water partition coefficient (Wildman–Crippen LogP) is 2.68. The second kappa shape index (κ2) is 5.79. The van der Waals surface area contributed by atoms with Gasteiger partial charge in [0, 0.05) is 12.7 Å². The lowest BCUT2D eigenvalue weighted by Crippen LogP contribution is -2.42. The van der Waals surface area contributed by atoms with Gasteiger partial charge in [0.05, 0.1) is 17.2 Å². The van der Waals surface area contributed by atoms with E-state index >= 15 is 0 Å². The SMILES string of the molecule is CC1(C(=O)O)CCN(Cc2ccn(C3CCCC3)n2)CC1. The second-order valence-corrected chi connectivity index (χ2v) is 6.87. The summed E-state index contributed by atoms with van der Waals surface area (Å²) in [4.78, 5) is 13.6. The van der Waals surface area contributed by atoms with Crippen LogP contribution in [0.1, 0.15) is 57.2 Å². The number of aromatic nitrogens is 2. The monoisotopic (exact) mass is 291 g/mol. The van der Waals surface area contributed by atoms with Gasteiger partial charge >= 0.3 is 5.97 Å². The van der Waals surface area contributed by atoms with Crippen molar-refractivity contribution in [2.45, 2.75) is 58.0 Å². The Morgan fingerprint density at radius 2 is 2.05 bits per heavy atom. The van der Waals surface area contributed by atoms with Gasteiger partial charge in [-0.25, -0.2) is 0 Å². The van der Waals surface area contributed by atoms with Crippen LogP contribution >= 0.6 is 0 Å². The summed E-state index contributed by atoms with van der Waals surface area (Å²) in [7, 11) is 0. The third-order valence-electron chi connectivity index (χ3n) is 5.22. The van der Waals surface area contributed by atoms with Crippen LogP contribution < -0.4 is 0 Å². The van der Waals surface area contributed by atoms with Gasteiger partial charge in [-0.2, -0.15) is 5.10 Å². The van der Waals surface area contributed by atoms with E-state index in [1.54, 1.807) is 0 Å². The number of aliphatic carboxylic acids is 1. The number of piperidine rings is 1. The summed E-state index contributed by atoms with van der Waals surface area (Å²) in [6.45, 7) is 4.40. The highest BCUT2D eigenvalue weighted by molar-refractivity contribution is 5.74. The van der Waals surface area contributed by atoms with E-state index < -0.39 is 11.4 Å². The summed E-state index contributed by atoms with van der Waals surface area (Å²) in [6, 6.07) is 2.71. The van der Waals surface area contributed by atoms with Gasteiger partial charge in [-0.3, -0.25) is 14.4 Å². The van der Waals surface area contributed by atoms with Crippen LogP contribution in [-0.4, -0.2) is 38.8 Å². The minimum absolute atomic E-state index is 0.542. The molecule has 1 saturated heterocycles. The lowest BCUT2D eigenvalue weighted by atomic mass is 9.80. The largest absolute Gasteiger partial charge is 0.481 e. The molecule has 1 saturated carbocycles. The van der Waals surface area contributed by atoms with Crippen LogP contribution in [0.4, 0.5) is 0 Å². The fraction of sp³-hybridized carbons (Fsp3) is 0.750. The first kappa shape index (κ1) is 14.6. The zero-order valence-corrected chi connectivity index (χ0v) is 12.8. The zero-order valence-electron chi connectivity index (χ0n) is 12.8. The molecule has 5 nitrogen and oxygen atoms in total. The topological polar surface area (TPSA) is 58.4 Å². The maximum Gasteiger partial charge on any atom is 0.309 e. The molecule has 21 heavy (non-hydrogen) atoms. The number of hydrogen-bond donors (Lipinski definition) is 1. The molecular weight excluding hydrogens is 266 g/mol. The van der Waals surface area contributed by atoms with Crippen molar-refractivity contribution in [2.75, 3.05) is 13.1 Å². The molecule has 116 valence electrons. The number of hydrogen-bond acceptors (Lipinski definition) is 3. The van der Waals surface area contributed by atoms with E-state index in [0.717, 1.165) is 38.2 Å². The molecule has 0 amide bonds. The molecule has 0 radical (unpaired) electrons. The molecule has 0 atom stereocenters. The van der Waals surface area contributed by atoms with Gasteiger partial charge in [0.25, 0.3) is 0 Å². The Bertz CT molecular complexity index is 497. The van der Waals surface area contributed by atoms with Crippen LogP contribution in [0.3, 0.4) is 0 Å². The Hall–Kier alpha value is -1.36. The molecular formula is C16H25N3O2. The smallest absolute Gasteiger partial charge is 0.309 e. The van der Waals surface area contributed by atoms with Gasteiger partial charge in [-0.15, -0.1) is 0 Å². The van der Waals surface area contributed by atoms with Gasteiger partial charge in [0.1, 0.15) is 0 Å². The summed E-state index contributed by atoms with van der Waals surface area (Å²) in [5.74, 6) is -0.660. The number of carboxylic acids is 1. The van der Waals surface area contributed by atoms with Crippen molar-refractivity contribution in [3.8, 4) is 0 Å². The number of carbonyl (C=O) groups is 1. The summed E-state index contributed by atoms with van der Waals surface area (Å²) < 4.78 is 2.13. The van der Waals surface area contributed by atoms with E-state index in [2.05, 4.69) is 21.8 Å². The molecule has 0 aromatic carbocycles. The molecule has 2 fully saturated rings. The molecule has 1 aromatic rings. The minimum Gasteiger partial charge on any atom is -0.481 e.